The Morgan fingerprint density at radius 3 is 1.64 bits per heavy atom. The molecule has 1 aromatic carbocycles. The Hall–Kier alpha value is -1.74. The van der Waals surface area contributed by atoms with Gasteiger partial charge in [0, 0.05) is 5.56 Å². The molecule has 0 spiro atoms. The van der Waals surface area contributed by atoms with Gasteiger partial charge in [0.05, 0.1) is 6.42 Å². The number of ketones is 1. The molecule has 0 aliphatic heterocycles. The van der Waals surface area contributed by atoms with Gasteiger partial charge < -0.3 is 0 Å². The summed E-state index contributed by atoms with van der Waals surface area (Å²) in [6.45, 7) is 0. The Kier molecular flexibility index (Phi) is 4.55. The lowest BCUT2D eigenvalue weighted by atomic mass is 9.96. The minimum atomic E-state index is -6.99. The van der Waals surface area contributed by atoms with Crippen LogP contribution < -0.4 is 0 Å². The van der Waals surface area contributed by atoms with E-state index < -0.39 is 41.7 Å². The molecule has 0 saturated carbocycles. The predicted octanol–water partition coefficient (Wildman–Crippen LogP) is 4.73. The lowest BCUT2D eigenvalue weighted by Gasteiger charge is -2.33. The van der Waals surface area contributed by atoms with Crippen LogP contribution in [0.15, 0.2) is 30.3 Å². The molecule has 10 heteroatoms. The summed E-state index contributed by atoms with van der Waals surface area (Å²) in [6.07, 6.45) is -9.38. The van der Waals surface area contributed by atoms with E-state index in [1.807, 2.05) is 0 Å². The predicted molar refractivity (Wildman–Crippen MR) is 56.3 cm³/mol. The number of rotatable bonds is 5. The maximum atomic E-state index is 13.2. The third-order valence-electron chi connectivity index (χ3n) is 2.69. The number of halogens is 9. The van der Waals surface area contributed by atoms with E-state index >= 15 is 0 Å². The topological polar surface area (TPSA) is 17.1 Å². The number of carbonyl (C=O) groups is 1. The van der Waals surface area contributed by atoms with Crippen molar-refractivity contribution in [2.45, 2.75) is 30.4 Å². The first-order chi connectivity index (χ1) is 9.74. The second-order valence-electron chi connectivity index (χ2n) is 4.32. The summed E-state index contributed by atoms with van der Waals surface area (Å²) in [7, 11) is 0. The first kappa shape index (κ1) is 18.3. The van der Waals surface area contributed by atoms with Crippen LogP contribution in [0.4, 0.5) is 39.5 Å². The molecule has 0 bridgehead atoms. The van der Waals surface area contributed by atoms with Crippen LogP contribution >= 0.6 is 0 Å². The zero-order chi connectivity index (χ0) is 17.4. The normalized spacial score (nSPS) is 14.0. The SMILES string of the molecule is O=C(CC(F)(F)C(F)(F)C(F)(F)C(F)(F)F)c1ccccc1. The molecule has 0 aliphatic rings. The molecule has 0 saturated heterocycles. The smallest absolute Gasteiger partial charge is 0.294 e. The van der Waals surface area contributed by atoms with Crippen molar-refractivity contribution in [3.8, 4) is 0 Å². The fourth-order valence-corrected chi connectivity index (χ4v) is 1.45. The number of alkyl halides is 9. The molecule has 0 atom stereocenters. The molecule has 0 heterocycles. The summed E-state index contributed by atoms with van der Waals surface area (Å²) in [5.74, 6) is -21.3. The monoisotopic (exact) mass is 338 g/mol. The van der Waals surface area contributed by atoms with Crippen molar-refractivity contribution in [1.29, 1.82) is 0 Å². The van der Waals surface area contributed by atoms with Crippen LogP contribution in [0.3, 0.4) is 0 Å². The van der Waals surface area contributed by atoms with Crippen LogP contribution in [0.25, 0.3) is 0 Å². The second-order valence-corrected chi connectivity index (χ2v) is 4.32. The maximum Gasteiger partial charge on any atom is 0.460 e. The van der Waals surface area contributed by atoms with E-state index in [-0.39, 0.29) is 0 Å². The van der Waals surface area contributed by atoms with Crippen molar-refractivity contribution in [3.63, 3.8) is 0 Å². The molecule has 0 radical (unpaired) electrons. The molecule has 124 valence electrons. The van der Waals surface area contributed by atoms with Gasteiger partial charge in [-0.15, -0.1) is 0 Å². The molecule has 1 aromatic rings. The number of carbonyl (C=O) groups excluding carboxylic acids is 1. The first-order valence-corrected chi connectivity index (χ1v) is 5.52. The van der Waals surface area contributed by atoms with Crippen LogP contribution in [0, 0.1) is 0 Å². The lowest BCUT2D eigenvalue weighted by molar-refractivity contribution is -0.395. The van der Waals surface area contributed by atoms with Gasteiger partial charge in [-0.25, -0.2) is 0 Å². The Morgan fingerprint density at radius 1 is 0.773 bits per heavy atom. The number of hydrogen-bond donors (Lipinski definition) is 0. The van der Waals surface area contributed by atoms with E-state index in [4.69, 9.17) is 0 Å². The molecule has 0 aliphatic carbocycles. The van der Waals surface area contributed by atoms with Crippen LogP contribution in [-0.2, 0) is 0 Å². The van der Waals surface area contributed by atoms with Crippen LogP contribution in [0.1, 0.15) is 16.8 Å². The molecular formula is C12H7F9O. The summed E-state index contributed by atoms with van der Waals surface area (Å²) >= 11 is 0. The highest BCUT2D eigenvalue weighted by Gasteiger charge is 2.81. The molecule has 1 rings (SSSR count). The summed E-state index contributed by atoms with van der Waals surface area (Å²) in [5.41, 5.74) is -0.520. The van der Waals surface area contributed by atoms with E-state index in [0.717, 1.165) is 12.1 Å². The quantitative estimate of drug-likeness (QED) is 0.560. The molecular weight excluding hydrogens is 331 g/mol. The fourth-order valence-electron chi connectivity index (χ4n) is 1.45. The standard InChI is InChI=1S/C12H7F9O/c13-9(14,6-8(22)7-4-2-1-3-5-7)10(15,16)11(17,18)12(19,20)21/h1-5H,6H2. The minimum Gasteiger partial charge on any atom is -0.294 e. The number of Topliss-reactive ketones (excluding diaryl/α,β-unsaturated/α-hetero) is 1. The fraction of sp³-hybridized carbons (Fsp3) is 0.417. The third kappa shape index (κ3) is 3.05. The lowest BCUT2D eigenvalue weighted by Crippen LogP contribution is -2.61. The Balaban J connectivity index is 3.10. The summed E-state index contributed by atoms with van der Waals surface area (Å²) in [4.78, 5) is 11.3. The Bertz CT molecular complexity index is 533. The first-order valence-electron chi connectivity index (χ1n) is 5.52. The average Bonchev–Trinajstić information content (AvgIpc) is 2.37. The molecule has 1 nitrogen and oxygen atoms in total. The molecule has 22 heavy (non-hydrogen) atoms. The second kappa shape index (κ2) is 5.47. The van der Waals surface area contributed by atoms with E-state index in [1.54, 1.807) is 0 Å². The number of benzene rings is 1. The maximum absolute atomic E-state index is 13.2. The average molecular weight is 338 g/mol. The van der Waals surface area contributed by atoms with E-state index in [1.165, 1.54) is 18.2 Å². The number of hydrogen-bond acceptors (Lipinski definition) is 1. The van der Waals surface area contributed by atoms with Crippen molar-refractivity contribution < 1.29 is 44.3 Å². The van der Waals surface area contributed by atoms with Gasteiger partial charge in [-0.1, -0.05) is 30.3 Å². The van der Waals surface area contributed by atoms with Gasteiger partial charge in [-0.2, -0.15) is 39.5 Å². The van der Waals surface area contributed by atoms with Gasteiger partial charge in [0.25, 0.3) is 0 Å². The van der Waals surface area contributed by atoms with Crippen molar-refractivity contribution >= 4 is 5.78 Å². The van der Waals surface area contributed by atoms with Gasteiger partial charge in [0.2, 0.25) is 0 Å². The van der Waals surface area contributed by atoms with E-state index in [9.17, 15) is 44.3 Å². The summed E-state index contributed by atoms with van der Waals surface area (Å²) in [6, 6.07) is 5.56. The molecule has 0 unspecified atom stereocenters. The Labute approximate surface area is 117 Å². The van der Waals surface area contributed by atoms with E-state index in [2.05, 4.69) is 0 Å². The highest BCUT2D eigenvalue weighted by Crippen LogP contribution is 2.54. The third-order valence-corrected chi connectivity index (χ3v) is 2.69. The summed E-state index contributed by atoms with van der Waals surface area (Å²) in [5, 5.41) is 0. The van der Waals surface area contributed by atoms with Gasteiger partial charge in [0.1, 0.15) is 0 Å². The Morgan fingerprint density at radius 2 is 1.23 bits per heavy atom. The van der Waals surface area contributed by atoms with Gasteiger partial charge in [0.15, 0.2) is 5.78 Å². The van der Waals surface area contributed by atoms with Crippen LogP contribution in [0.2, 0.25) is 0 Å². The largest absolute Gasteiger partial charge is 0.460 e. The van der Waals surface area contributed by atoms with Crippen molar-refractivity contribution in [3.05, 3.63) is 35.9 Å². The minimum absolute atomic E-state index is 0.520. The van der Waals surface area contributed by atoms with Crippen LogP contribution in [-0.4, -0.2) is 29.7 Å². The van der Waals surface area contributed by atoms with Crippen molar-refractivity contribution in [1.82, 2.24) is 0 Å². The zero-order valence-corrected chi connectivity index (χ0v) is 10.4. The van der Waals surface area contributed by atoms with Crippen LogP contribution in [0.5, 0.6) is 0 Å². The van der Waals surface area contributed by atoms with Gasteiger partial charge >= 0.3 is 23.9 Å². The van der Waals surface area contributed by atoms with E-state index in [0.29, 0.717) is 0 Å². The van der Waals surface area contributed by atoms with Crippen molar-refractivity contribution in [2.24, 2.45) is 0 Å². The highest BCUT2D eigenvalue weighted by molar-refractivity contribution is 5.96. The highest BCUT2D eigenvalue weighted by atomic mass is 19.4. The molecule has 0 fully saturated rings. The van der Waals surface area contributed by atoms with Crippen molar-refractivity contribution in [2.75, 3.05) is 0 Å². The molecule has 0 aromatic heterocycles. The molecule has 0 N–H and O–H groups in total. The molecule has 0 amide bonds. The summed E-state index contributed by atoms with van der Waals surface area (Å²) < 4.78 is 113. The zero-order valence-electron chi connectivity index (χ0n) is 10.4. The van der Waals surface area contributed by atoms with Gasteiger partial charge in [-0.3, -0.25) is 4.79 Å². The van der Waals surface area contributed by atoms with Gasteiger partial charge in [-0.05, 0) is 0 Å².